The van der Waals surface area contributed by atoms with Crippen LogP contribution in [0.4, 0.5) is 0 Å². The molecule has 0 aromatic carbocycles. The standard InChI is InChI=1S/C8H9Cl2NO/c9-8(10)5-3-1-2-4-6(5)11-7(8)12/h1,3,5-6H,2,4H2,(H,11,12). The van der Waals surface area contributed by atoms with Crippen molar-refractivity contribution >= 4 is 29.1 Å². The number of nitrogens with one attached hydrogen (secondary N) is 1. The van der Waals surface area contributed by atoms with Crippen molar-refractivity contribution in [3.63, 3.8) is 0 Å². The van der Waals surface area contributed by atoms with Crippen LogP contribution in [0.25, 0.3) is 0 Å². The van der Waals surface area contributed by atoms with Gasteiger partial charge in [0, 0.05) is 12.0 Å². The highest BCUT2D eigenvalue weighted by Gasteiger charge is 2.52. The second-order valence-corrected chi connectivity index (χ2v) is 4.62. The summed E-state index contributed by atoms with van der Waals surface area (Å²) in [7, 11) is 0. The number of carbonyl (C=O) groups excluding carboxylic acids is 1. The quantitative estimate of drug-likeness (QED) is 0.473. The largest absolute Gasteiger partial charge is 0.350 e. The van der Waals surface area contributed by atoms with E-state index in [9.17, 15) is 4.79 Å². The minimum absolute atomic E-state index is 0.0536. The molecule has 12 heavy (non-hydrogen) atoms. The number of halogens is 2. The van der Waals surface area contributed by atoms with Gasteiger partial charge in [-0.3, -0.25) is 4.79 Å². The van der Waals surface area contributed by atoms with Gasteiger partial charge in [0.1, 0.15) is 0 Å². The molecule has 1 amide bonds. The molecule has 2 unspecified atom stereocenters. The summed E-state index contributed by atoms with van der Waals surface area (Å²) >= 11 is 11.8. The van der Waals surface area contributed by atoms with Gasteiger partial charge >= 0.3 is 0 Å². The van der Waals surface area contributed by atoms with Crippen LogP contribution in [-0.4, -0.2) is 16.3 Å². The first-order valence-electron chi connectivity index (χ1n) is 3.98. The Hall–Kier alpha value is -0.210. The van der Waals surface area contributed by atoms with Crippen molar-refractivity contribution in [2.75, 3.05) is 0 Å². The van der Waals surface area contributed by atoms with Gasteiger partial charge < -0.3 is 5.32 Å². The number of amides is 1. The summed E-state index contributed by atoms with van der Waals surface area (Å²) in [4.78, 5) is 11.3. The maximum Gasteiger partial charge on any atom is 0.257 e. The van der Waals surface area contributed by atoms with Crippen LogP contribution in [0.2, 0.25) is 0 Å². The van der Waals surface area contributed by atoms with Crippen LogP contribution in [-0.2, 0) is 4.79 Å². The Bertz CT molecular complexity index is 249. The lowest BCUT2D eigenvalue weighted by atomic mass is 9.91. The second kappa shape index (κ2) is 2.64. The zero-order valence-electron chi connectivity index (χ0n) is 6.39. The van der Waals surface area contributed by atoms with Crippen LogP contribution < -0.4 is 5.32 Å². The molecule has 0 saturated carbocycles. The number of hydrogen-bond donors (Lipinski definition) is 1. The predicted octanol–water partition coefficient (Wildman–Crippen LogP) is 1.62. The molecule has 0 aromatic rings. The van der Waals surface area contributed by atoms with Crippen LogP contribution in [0.15, 0.2) is 12.2 Å². The van der Waals surface area contributed by atoms with Gasteiger partial charge in [0.2, 0.25) is 4.33 Å². The van der Waals surface area contributed by atoms with Crippen LogP contribution in [0.1, 0.15) is 12.8 Å². The first-order valence-corrected chi connectivity index (χ1v) is 4.73. The molecule has 2 nitrogen and oxygen atoms in total. The molecular formula is C8H9Cl2NO. The molecule has 2 atom stereocenters. The molecule has 1 fully saturated rings. The smallest absolute Gasteiger partial charge is 0.257 e. The maximum absolute atomic E-state index is 11.3. The Morgan fingerprint density at radius 2 is 2.33 bits per heavy atom. The minimum atomic E-state index is -1.25. The van der Waals surface area contributed by atoms with Gasteiger partial charge in [-0.15, -0.1) is 0 Å². The van der Waals surface area contributed by atoms with E-state index >= 15 is 0 Å². The van der Waals surface area contributed by atoms with Crippen molar-refractivity contribution in [1.82, 2.24) is 5.32 Å². The van der Waals surface area contributed by atoms with Crippen molar-refractivity contribution in [1.29, 1.82) is 0 Å². The Morgan fingerprint density at radius 3 is 3.00 bits per heavy atom. The number of allylic oxidation sites excluding steroid dienone is 1. The van der Waals surface area contributed by atoms with Gasteiger partial charge in [-0.1, -0.05) is 35.4 Å². The molecule has 1 saturated heterocycles. The van der Waals surface area contributed by atoms with Crippen LogP contribution >= 0.6 is 23.2 Å². The number of hydrogen-bond acceptors (Lipinski definition) is 1. The van der Waals surface area contributed by atoms with E-state index in [1.165, 1.54) is 0 Å². The Labute approximate surface area is 80.9 Å². The zero-order valence-corrected chi connectivity index (χ0v) is 7.90. The normalized spacial score (nSPS) is 37.7. The molecule has 4 heteroatoms. The third-order valence-corrected chi connectivity index (χ3v) is 3.31. The molecule has 66 valence electrons. The zero-order chi connectivity index (χ0) is 8.77. The van der Waals surface area contributed by atoms with Crippen molar-refractivity contribution in [2.45, 2.75) is 23.2 Å². The monoisotopic (exact) mass is 205 g/mol. The molecule has 2 rings (SSSR count). The molecule has 2 aliphatic rings. The fourth-order valence-electron chi connectivity index (χ4n) is 1.78. The lowest BCUT2D eigenvalue weighted by molar-refractivity contribution is -0.120. The van der Waals surface area contributed by atoms with E-state index in [4.69, 9.17) is 23.2 Å². The third-order valence-electron chi connectivity index (χ3n) is 2.46. The molecule has 1 aliphatic carbocycles. The minimum Gasteiger partial charge on any atom is -0.350 e. The molecule has 1 aliphatic heterocycles. The number of fused-ring (bicyclic) bond motifs is 1. The van der Waals surface area contributed by atoms with Gasteiger partial charge in [-0.25, -0.2) is 0 Å². The highest BCUT2D eigenvalue weighted by atomic mass is 35.5. The lowest BCUT2D eigenvalue weighted by Gasteiger charge is -2.23. The average molecular weight is 206 g/mol. The number of carbonyl (C=O) groups is 1. The molecule has 0 bridgehead atoms. The maximum atomic E-state index is 11.3. The second-order valence-electron chi connectivity index (χ2n) is 3.23. The summed E-state index contributed by atoms with van der Waals surface area (Å²) in [6.07, 6.45) is 5.90. The van der Waals surface area contributed by atoms with Crippen LogP contribution in [0, 0.1) is 5.92 Å². The summed E-state index contributed by atoms with van der Waals surface area (Å²) < 4.78 is -1.25. The first kappa shape index (κ1) is 8.39. The summed E-state index contributed by atoms with van der Waals surface area (Å²) in [5.74, 6) is -0.311. The summed E-state index contributed by atoms with van der Waals surface area (Å²) in [5.41, 5.74) is 0. The van der Waals surface area contributed by atoms with E-state index in [1.807, 2.05) is 12.2 Å². The number of rotatable bonds is 0. The lowest BCUT2D eigenvalue weighted by Crippen LogP contribution is -2.29. The highest BCUT2D eigenvalue weighted by molar-refractivity contribution is 6.59. The summed E-state index contributed by atoms with van der Waals surface area (Å²) in [6, 6.07) is 0.137. The van der Waals surface area contributed by atoms with Gasteiger partial charge in [0.15, 0.2) is 0 Å². The SMILES string of the molecule is O=C1NC2CCC=CC2C1(Cl)Cl. The van der Waals surface area contributed by atoms with E-state index in [1.54, 1.807) is 0 Å². The fourth-order valence-corrected chi connectivity index (χ4v) is 2.34. The predicted molar refractivity (Wildman–Crippen MR) is 48.2 cm³/mol. The molecule has 0 spiro atoms. The first-order chi connectivity index (χ1) is 5.62. The van der Waals surface area contributed by atoms with Crippen LogP contribution in [0.5, 0.6) is 0 Å². The molecule has 1 N–H and O–H groups in total. The van der Waals surface area contributed by atoms with Crippen LogP contribution in [0.3, 0.4) is 0 Å². The van der Waals surface area contributed by atoms with E-state index in [0.717, 1.165) is 12.8 Å². The molecule has 0 aromatic heterocycles. The Balaban J connectivity index is 2.32. The molecule has 1 heterocycles. The highest BCUT2D eigenvalue weighted by Crippen LogP contribution is 2.41. The molecule has 0 radical (unpaired) electrons. The Kier molecular flexibility index (Phi) is 1.85. The van der Waals surface area contributed by atoms with E-state index in [0.29, 0.717) is 0 Å². The number of alkyl halides is 2. The molecular weight excluding hydrogens is 197 g/mol. The average Bonchev–Trinajstić information content (AvgIpc) is 2.25. The summed E-state index contributed by atoms with van der Waals surface area (Å²) in [6.45, 7) is 0. The van der Waals surface area contributed by atoms with Gasteiger partial charge in [-0.05, 0) is 12.8 Å². The van der Waals surface area contributed by atoms with Crippen molar-refractivity contribution in [2.24, 2.45) is 5.92 Å². The third kappa shape index (κ3) is 1.05. The van der Waals surface area contributed by atoms with E-state index in [-0.39, 0.29) is 17.9 Å². The van der Waals surface area contributed by atoms with Crippen molar-refractivity contribution in [3.8, 4) is 0 Å². The van der Waals surface area contributed by atoms with Crippen molar-refractivity contribution in [3.05, 3.63) is 12.2 Å². The topological polar surface area (TPSA) is 29.1 Å². The van der Waals surface area contributed by atoms with Gasteiger partial charge in [0.25, 0.3) is 5.91 Å². The van der Waals surface area contributed by atoms with Gasteiger partial charge in [-0.2, -0.15) is 0 Å². The van der Waals surface area contributed by atoms with E-state index in [2.05, 4.69) is 5.32 Å². The Morgan fingerprint density at radius 1 is 1.58 bits per heavy atom. The van der Waals surface area contributed by atoms with E-state index < -0.39 is 4.33 Å². The fraction of sp³-hybridized carbons (Fsp3) is 0.625. The van der Waals surface area contributed by atoms with Gasteiger partial charge in [0.05, 0.1) is 0 Å². The summed E-state index contributed by atoms with van der Waals surface area (Å²) in [5, 5.41) is 2.79. The van der Waals surface area contributed by atoms with Crippen molar-refractivity contribution < 1.29 is 4.79 Å².